The Morgan fingerprint density at radius 3 is 2.53 bits per heavy atom. The molecule has 47 heavy (non-hydrogen) atoms. The normalized spacial score (nSPS) is 11.7. The Bertz CT molecular complexity index is 2390. The number of hydrogen-bond acceptors (Lipinski definition) is 7. The second kappa shape index (κ2) is 12.2. The first-order valence-electron chi connectivity index (χ1n) is 14.5. The molecule has 0 aliphatic carbocycles. The van der Waals surface area contributed by atoms with Crippen LogP contribution in [0.25, 0.3) is 55.7 Å². The van der Waals surface area contributed by atoms with Crippen LogP contribution < -0.4 is 10.0 Å². The van der Waals surface area contributed by atoms with Gasteiger partial charge in [-0.2, -0.15) is 5.10 Å². The van der Waals surface area contributed by atoms with E-state index in [9.17, 15) is 17.6 Å². The van der Waals surface area contributed by atoms with Gasteiger partial charge in [-0.05, 0) is 59.2 Å². The monoisotopic (exact) mass is 646 g/mol. The third-order valence-corrected chi connectivity index (χ3v) is 8.21. The molecular weight excluding hydrogens is 619 g/mol. The molecule has 5 heterocycles. The number of fused-ring (bicyclic) bond motifs is 2. The molecule has 0 aliphatic heterocycles. The molecule has 5 aromatic heterocycles. The minimum absolute atomic E-state index is 0.0445. The van der Waals surface area contributed by atoms with Crippen molar-refractivity contribution in [2.75, 3.05) is 11.6 Å². The van der Waals surface area contributed by atoms with Crippen molar-refractivity contribution >= 4 is 43.6 Å². The van der Waals surface area contributed by atoms with Gasteiger partial charge < -0.3 is 10.3 Å². The number of amides is 1. The van der Waals surface area contributed by atoms with Gasteiger partial charge in [-0.1, -0.05) is 30.3 Å². The van der Waals surface area contributed by atoms with Gasteiger partial charge in [0, 0.05) is 35.5 Å². The fraction of sp³-hybridized carbons (Fsp3) is 0.0882. The number of aromatic amines is 2. The summed E-state index contributed by atoms with van der Waals surface area (Å²) in [6.07, 6.45) is 7.88. The summed E-state index contributed by atoms with van der Waals surface area (Å²) < 4.78 is 40.2. The Morgan fingerprint density at radius 1 is 0.872 bits per heavy atom. The molecule has 0 saturated heterocycles. The average Bonchev–Trinajstić information content (AvgIpc) is 3.68. The van der Waals surface area contributed by atoms with E-state index in [2.05, 4.69) is 35.2 Å². The Hall–Kier alpha value is -5.79. The molecule has 0 atom stereocenters. The van der Waals surface area contributed by atoms with Crippen LogP contribution in [0.1, 0.15) is 11.1 Å². The van der Waals surface area contributed by atoms with Gasteiger partial charge in [-0.25, -0.2) is 22.5 Å². The second-order valence-electron chi connectivity index (χ2n) is 11.1. The number of nitrogens with one attached hydrogen (secondary N) is 4. The van der Waals surface area contributed by atoms with Gasteiger partial charge in [-0.15, -0.1) is 0 Å². The summed E-state index contributed by atoms with van der Waals surface area (Å²) in [5.41, 5.74) is 7.78. The molecule has 1 amide bonds. The first-order valence-corrected chi connectivity index (χ1v) is 16.4. The topological polar surface area (TPSA) is 158 Å². The lowest BCUT2D eigenvalue weighted by atomic mass is 10.0. The van der Waals surface area contributed by atoms with E-state index in [1.165, 1.54) is 12.1 Å². The fourth-order valence-electron chi connectivity index (χ4n) is 5.41. The number of nitrogens with zero attached hydrogens (tertiary/aromatic N) is 4. The highest BCUT2D eigenvalue weighted by Crippen LogP contribution is 2.34. The minimum Gasteiger partial charge on any atom is -0.352 e. The predicted octanol–water partition coefficient (Wildman–Crippen LogP) is 5.60. The van der Waals surface area contributed by atoms with Gasteiger partial charge in [-0.3, -0.25) is 19.9 Å². The van der Waals surface area contributed by atoms with E-state index in [1.54, 1.807) is 30.9 Å². The van der Waals surface area contributed by atoms with Gasteiger partial charge in [0.25, 0.3) is 0 Å². The Balaban J connectivity index is 1.20. The van der Waals surface area contributed by atoms with Crippen molar-refractivity contribution in [2.45, 2.75) is 13.0 Å². The molecular formula is C34H27FN8O3S. The van der Waals surface area contributed by atoms with Crippen molar-refractivity contribution in [3.8, 4) is 33.8 Å². The summed E-state index contributed by atoms with van der Waals surface area (Å²) >= 11 is 0. The number of hydrogen-bond donors (Lipinski definition) is 4. The lowest BCUT2D eigenvalue weighted by Crippen LogP contribution is -2.21. The first kappa shape index (κ1) is 29.9. The zero-order valence-electron chi connectivity index (χ0n) is 25.0. The molecule has 0 unspecified atom stereocenters. The summed E-state index contributed by atoms with van der Waals surface area (Å²) in [5.74, 6) is -0.645. The lowest BCUT2D eigenvalue weighted by molar-refractivity contribution is -0.115. The molecule has 4 N–H and O–H groups in total. The smallest absolute Gasteiger partial charge is 0.228 e. The highest BCUT2D eigenvalue weighted by molar-refractivity contribution is 7.88. The molecule has 0 spiro atoms. The van der Waals surface area contributed by atoms with Crippen molar-refractivity contribution in [3.63, 3.8) is 0 Å². The van der Waals surface area contributed by atoms with E-state index in [0.717, 1.165) is 17.2 Å². The maximum Gasteiger partial charge on any atom is 0.228 e. The molecule has 11 nitrogen and oxygen atoms in total. The molecule has 0 bridgehead atoms. The molecule has 7 rings (SSSR count). The molecule has 2 aromatic carbocycles. The quantitative estimate of drug-likeness (QED) is 0.159. The van der Waals surface area contributed by atoms with Crippen LogP contribution in [0.4, 0.5) is 10.1 Å². The van der Waals surface area contributed by atoms with Crippen molar-refractivity contribution in [2.24, 2.45) is 0 Å². The number of H-pyrrole nitrogens is 2. The lowest BCUT2D eigenvalue weighted by Gasteiger charge is -2.08. The van der Waals surface area contributed by atoms with Gasteiger partial charge in [0.15, 0.2) is 0 Å². The molecule has 7 aromatic rings. The van der Waals surface area contributed by atoms with Crippen LogP contribution in [0.5, 0.6) is 0 Å². The molecule has 234 valence electrons. The predicted molar refractivity (Wildman–Crippen MR) is 178 cm³/mol. The number of pyridine rings is 3. The molecule has 13 heteroatoms. The summed E-state index contributed by atoms with van der Waals surface area (Å²) in [5, 5.41) is 11.3. The van der Waals surface area contributed by atoms with Crippen molar-refractivity contribution in [1.29, 1.82) is 0 Å². The highest BCUT2D eigenvalue weighted by Gasteiger charge is 2.17. The average molecular weight is 647 g/mol. The zero-order chi connectivity index (χ0) is 32.5. The van der Waals surface area contributed by atoms with Crippen LogP contribution in [-0.2, 0) is 27.8 Å². The standard InChI is InChI=1S/C34H27FN8O3S/c1-47(45,46)38-15-21-9-22(12-24(35)10-21)27-18-37-19-31-26(27)14-30(40-31)34-33-29(42-43-34)8-7-28(41-33)23-13-25(17-36-16-23)39-32(44)11-20-5-3-2-4-6-20/h2-10,12-14,16-19,38,40H,11,15H2,1H3,(H,39,44)(H,42,43). The van der Waals surface area contributed by atoms with E-state index in [1.807, 2.05) is 54.6 Å². The van der Waals surface area contributed by atoms with Crippen LogP contribution >= 0.6 is 0 Å². The number of carbonyl (C=O) groups is 1. The largest absolute Gasteiger partial charge is 0.352 e. The van der Waals surface area contributed by atoms with Crippen LogP contribution in [0, 0.1) is 5.82 Å². The van der Waals surface area contributed by atoms with Crippen molar-refractivity contribution < 1.29 is 17.6 Å². The second-order valence-corrected chi connectivity index (χ2v) is 12.9. The van der Waals surface area contributed by atoms with Gasteiger partial charge >= 0.3 is 0 Å². The van der Waals surface area contributed by atoms with Gasteiger partial charge in [0.2, 0.25) is 15.9 Å². The van der Waals surface area contributed by atoms with Crippen LogP contribution in [0.15, 0.2) is 97.6 Å². The highest BCUT2D eigenvalue weighted by atomic mass is 32.2. The van der Waals surface area contributed by atoms with E-state index >= 15 is 0 Å². The van der Waals surface area contributed by atoms with E-state index < -0.39 is 15.8 Å². The minimum atomic E-state index is -3.45. The number of carbonyl (C=O) groups excluding carboxylic acids is 1. The number of rotatable bonds is 9. The number of aromatic nitrogens is 6. The van der Waals surface area contributed by atoms with Crippen molar-refractivity contribution in [1.82, 2.24) is 34.9 Å². The van der Waals surface area contributed by atoms with Crippen LogP contribution in [-0.4, -0.2) is 50.7 Å². The van der Waals surface area contributed by atoms with E-state index in [-0.39, 0.29) is 18.9 Å². The summed E-state index contributed by atoms with van der Waals surface area (Å²) in [6, 6.07) is 21.4. The summed E-state index contributed by atoms with van der Waals surface area (Å²) in [7, 11) is -3.45. The van der Waals surface area contributed by atoms with Crippen molar-refractivity contribution in [3.05, 3.63) is 115 Å². The van der Waals surface area contributed by atoms with Crippen LogP contribution in [0.2, 0.25) is 0 Å². The third kappa shape index (κ3) is 6.61. The summed E-state index contributed by atoms with van der Waals surface area (Å²) in [4.78, 5) is 29.6. The number of sulfonamides is 1. The Kier molecular flexibility index (Phi) is 7.75. The third-order valence-electron chi connectivity index (χ3n) is 7.54. The van der Waals surface area contributed by atoms with E-state index in [4.69, 9.17) is 4.98 Å². The maximum absolute atomic E-state index is 14.6. The maximum atomic E-state index is 14.6. The molecule has 0 aliphatic rings. The summed E-state index contributed by atoms with van der Waals surface area (Å²) in [6.45, 7) is -0.0445. The van der Waals surface area contributed by atoms with Gasteiger partial charge in [0.1, 0.15) is 17.0 Å². The number of halogens is 1. The van der Waals surface area contributed by atoms with Gasteiger partial charge in [0.05, 0.1) is 53.2 Å². The fourth-order valence-corrected chi connectivity index (χ4v) is 5.84. The SMILES string of the molecule is CS(=O)(=O)NCc1cc(F)cc(-c2cncc3[nH]c(-c4n[nH]c5ccc(-c6cncc(NC(=O)Cc7ccccc7)c6)nc45)cc23)c1. The van der Waals surface area contributed by atoms with Crippen LogP contribution in [0.3, 0.4) is 0 Å². The Morgan fingerprint density at radius 2 is 1.70 bits per heavy atom. The zero-order valence-corrected chi connectivity index (χ0v) is 25.8. The molecule has 0 radical (unpaired) electrons. The van der Waals surface area contributed by atoms with E-state index in [0.29, 0.717) is 61.6 Å². The molecule has 0 saturated carbocycles. The first-order chi connectivity index (χ1) is 22.7. The molecule has 0 fully saturated rings. The number of anilines is 1. The number of benzene rings is 2. The Labute approximate surface area is 268 Å².